The van der Waals surface area contributed by atoms with Crippen LogP contribution in [0.1, 0.15) is 18.4 Å². The maximum absolute atomic E-state index is 13.2. The summed E-state index contributed by atoms with van der Waals surface area (Å²) in [5.74, 6) is 0.934. The first-order chi connectivity index (χ1) is 13.1. The highest BCUT2D eigenvalue weighted by Crippen LogP contribution is 2.15. The Bertz CT molecular complexity index is 818. The van der Waals surface area contributed by atoms with Crippen LogP contribution in [0.25, 0.3) is 0 Å². The number of aliphatic imine (C=N–C) groups is 1. The molecular weight excluding hydrogens is 347 g/mol. The van der Waals surface area contributed by atoms with Crippen LogP contribution in [0.15, 0.2) is 41.5 Å². The highest BCUT2D eigenvalue weighted by atomic mass is 19.1. The van der Waals surface area contributed by atoms with Crippen molar-refractivity contribution >= 4 is 23.2 Å². The average Bonchev–Trinajstić information content (AvgIpc) is 3.10. The van der Waals surface area contributed by atoms with Gasteiger partial charge in [-0.25, -0.2) is 4.39 Å². The first kappa shape index (κ1) is 18.8. The number of anilines is 2. The van der Waals surface area contributed by atoms with Crippen molar-refractivity contribution in [1.29, 1.82) is 0 Å². The third-order valence-electron chi connectivity index (χ3n) is 4.64. The summed E-state index contributed by atoms with van der Waals surface area (Å²) in [7, 11) is 1.71. The van der Waals surface area contributed by atoms with E-state index in [4.69, 9.17) is 5.73 Å². The van der Waals surface area contributed by atoms with Crippen LogP contribution < -0.4 is 16.4 Å². The van der Waals surface area contributed by atoms with Crippen molar-refractivity contribution in [3.63, 3.8) is 0 Å². The van der Waals surface area contributed by atoms with E-state index in [0.29, 0.717) is 30.4 Å². The molecule has 2 heterocycles. The van der Waals surface area contributed by atoms with Crippen molar-refractivity contribution in [2.75, 3.05) is 37.7 Å². The fourth-order valence-corrected chi connectivity index (χ4v) is 3.25. The number of aromatic amines is 1. The fraction of sp³-hybridized carbons (Fsp3) is 0.368. The minimum atomic E-state index is -0.329. The molecule has 1 atom stereocenters. The number of nitrogens with one attached hydrogen (secondary N) is 3. The third kappa shape index (κ3) is 4.78. The zero-order chi connectivity index (χ0) is 19.2. The number of hydrogen-bond acceptors (Lipinski definition) is 4. The Morgan fingerprint density at radius 3 is 3.00 bits per heavy atom. The lowest BCUT2D eigenvalue weighted by molar-refractivity contribution is -0.130. The molecular formula is C19H25FN6O. The van der Waals surface area contributed by atoms with Crippen molar-refractivity contribution in [1.82, 2.24) is 15.2 Å². The second-order valence-electron chi connectivity index (χ2n) is 6.56. The molecule has 1 fully saturated rings. The van der Waals surface area contributed by atoms with Crippen molar-refractivity contribution in [2.45, 2.75) is 18.9 Å². The molecule has 3 rings (SSSR count). The number of nitrogens with zero attached hydrogens (tertiary/aromatic N) is 2. The smallest absolute Gasteiger partial charge is 0.241 e. The van der Waals surface area contributed by atoms with Gasteiger partial charge in [-0.3, -0.25) is 9.79 Å². The maximum atomic E-state index is 13.2. The van der Waals surface area contributed by atoms with E-state index in [2.05, 4.69) is 20.6 Å². The van der Waals surface area contributed by atoms with E-state index in [1.165, 1.54) is 12.1 Å². The number of likely N-dealkylation sites (tertiary alicyclic amines) is 1. The molecule has 7 nitrogen and oxygen atoms in total. The minimum Gasteiger partial charge on any atom is -0.385 e. The summed E-state index contributed by atoms with van der Waals surface area (Å²) in [5.41, 5.74) is 7.35. The van der Waals surface area contributed by atoms with E-state index in [-0.39, 0.29) is 24.3 Å². The summed E-state index contributed by atoms with van der Waals surface area (Å²) in [4.78, 5) is 21.6. The zero-order valence-corrected chi connectivity index (χ0v) is 15.3. The molecule has 144 valence electrons. The Hall–Kier alpha value is -3.03. The second-order valence-corrected chi connectivity index (χ2v) is 6.56. The van der Waals surface area contributed by atoms with Gasteiger partial charge >= 0.3 is 0 Å². The van der Waals surface area contributed by atoms with Crippen molar-refractivity contribution in [3.05, 3.63) is 47.9 Å². The first-order valence-corrected chi connectivity index (χ1v) is 9.00. The quantitative estimate of drug-likeness (QED) is 0.475. The lowest BCUT2D eigenvalue weighted by Crippen LogP contribution is -2.51. The summed E-state index contributed by atoms with van der Waals surface area (Å²) in [6, 6.07) is 8.07. The highest BCUT2D eigenvalue weighted by molar-refractivity contribution is 6.02. The van der Waals surface area contributed by atoms with E-state index in [1.54, 1.807) is 25.4 Å². The molecule has 27 heavy (non-hydrogen) atoms. The van der Waals surface area contributed by atoms with Crippen LogP contribution in [0, 0.1) is 5.82 Å². The van der Waals surface area contributed by atoms with E-state index in [0.717, 1.165) is 18.4 Å². The summed E-state index contributed by atoms with van der Waals surface area (Å²) in [6.45, 7) is 1.44. The predicted molar refractivity (Wildman–Crippen MR) is 105 cm³/mol. The van der Waals surface area contributed by atoms with Crippen LogP contribution in [0.2, 0.25) is 0 Å². The molecule has 1 aliphatic rings. The molecule has 1 saturated heterocycles. The van der Waals surface area contributed by atoms with E-state index >= 15 is 0 Å². The summed E-state index contributed by atoms with van der Waals surface area (Å²) < 4.78 is 13.2. The van der Waals surface area contributed by atoms with Crippen LogP contribution in [0.4, 0.5) is 15.9 Å². The number of nitrogen functional groups attached to an aromatic ring is 1. The number of aromatic nitrogens is 1. The zero-order valence-electron chi connectivity index (χ0n) is 15.3. The second kappa shape index (κ2) is 8.57. The SMILES string of the molecule is CN=C(N[C@H]1CCCN(C(=O)CNc2cccc(F)c2)C1)c1cc[nH]c1N. The van der Waals surface area contributed by atoms with Gasteiger partial charge in [-0.1, -0.05) is 6.07 Å². The Kier molecular flexibility index (Phi) is 5.95. The third-order valence-corrected chi connectivity index (χ3v) is 4.64. The molecule has 1 amide bonds. The molecule has 8 heteroatoms. The van der Waals surface area contributed by atoms with Gasteiger partial charge in [0.05, 0.1) is 12.1 Å². The molecule has 1 aromatic heterocycles. The Morgan fingerprint density at radius 1 is 1.44 bits per heavy atom. The number of amides is 1. The molecule has 2 aromatic rings. The van der Waals surface area contributed by atoms with Crippen molar-refractivity contribution < 1.29 is 9.18 Å². The Labute approximate surface area is 157 Å². The standard InChI is InChI=1S/C19H25FN6O/c1-22-19(16-7-8-23-18(16)21)25-15-6-3-9-26(12-15)17(27)11-24-14-5-2-4-13(20)10-14/h2,4-5,7-8,10,15,23-24H,3,6,9,11-12,21H2,1H3,(H,22,25)/t15-/m0/s1. The minimum absolute atomic E-state index is 0.0121. The molecule has 1 aromatic carbocycles. The van der Waals surface area contributed by atoms with Gasteiger partial charge in [-0.2, -0.15) is 0 Å². The molecule has 0 bridgehead atoms. The largest absolute Gasteiger partial charge is 0.385 e. The number of H-pyrrole nitrogens is 1. The van der Waals surface area contributed by atoms with Gasteiger partial charge in [-0.05, 0) is 37.1 Å². The van der Waals surface area contributed by atoms with Crippen LogP contribution in [-0.2, 0) is 4.79 Å². The topological polar surface area (TPSA) is 98.5 Å². The molecule has 0 unspecified atom stereocenters. The van der Waals surface area contributed by atoms with Crippen LogP contribution in [0.5, 0.6) is 0 Å². The average molecular weight is 372 g/mol. The van der Waals surface area contributed by atoms with Crippen molar-refractivity contribution in [3.8, 4) is 0 Å². The molecule has 0 radical (unpaired) electrons. The van der Waals surface area contributed by atoms with Gasteiger partial charge < -0.3 is 26.3 Å². The number of piperidine rings is 1. The monoisotopic (exact) mass is 372 g/mol. The number of halogens is 1. The lowest BCUT2D eigenvalue weighted by Gasteiger charge is -2.34. The molecule has 0 spiro atoms. The number of carbonyl (C=O) groups excluding carboxylic acids is 1. The Balaban J connectivity index is 1.55. The summed E-state index contributed by atoms with van der Waals surface area (Å²) in [6.07, 6.45) is 3.62. The molecule has 0 aliphatic carbocycles. The van der Waals surface area contributed by atoms with E-state index < -0.39 is 0 Å². The van der Waals surface area contributed by atoms with Gasteiger partial charge in [0.1, 0.15) is 17.5 Å². The van der Waals surface area contributed by atoms with E-state index in [1.807, 2.05) is 11.0 Å². The van der Waals surface area contributed by atoms with Crippen molar-refractivity contribution in [2.24, 2.45) is 4.99 Å². The number of hydrogen-bond donors (Lipinski definition) is 4. The lowest BCUT2D eigenvalue weighted by atomic mass is 10.0. The highest BCUT2D eigenvalue weighted by Gasteiger charge is 2.24. The van der Waals surface area contributed by atoms with E-state index in [9.17, 15) is 9.18 Å². The fourth-order valence-electron chi connectivity index (χ4n) is 3.25. The van der Waals surface area contributed by atoms with Gasteiger partial charge in [0.2, 0.25) is 5.91 Å². The van der Waals surface area contributed by atoms with Gasteiger partial charge in [0.25, 0.3) is 0 Å². The molecule has 1 aliphatic heterocycles. The van der Waals surface area contributed by atoms with Gasteiger partial charge in [0.15, 0.2) is 0 Å². The number of amidine groups is 1. The summed E-state index contributed by atoms with van der Waals surface area (Å²) >= 11 is 0. The summed E-state index contributed by atoms with van der Waals surface area (Å²) in [5, 5.41) is 6.38. The number of benzene rings is 1. The van der Waals surface area contributed by atoms with Gasteiger partial charge in [0, 0.05) is 38.1 Å². The predicted octanol–water partition coefficient (Wildman–Crippen LogP) is 1.81. The van der Waals surface area contributed by atoms with Gasteiger partial charge in [-0.15, -0.1) is 0 Å². The normalized spacial score (nSPS) is 17.6. The first-order valence-electron chi connectivity index (χ1n) is 9.00. The maximum Gasteiger partial charge on any atom is 0.241 e. The van der Waals surface area contributed by atoms with Crippen LogP contribution in [-0.4, -0.2) is 54.4 Å². The molecule has 0 saturated carbocycles. The van der Waals surface area contributed by atoms with Crippen LogP contribution in [0.3, 0.4) is 0 Å². The number of carbonyl (C=O) groups is 1. The Morgan fingerprint density at radius 2 is 2.30 bits per heavy atom. The molecule has 5 N–H and O–H groups in total. The number of nitrogens with two attached hydrogens (primary N) is 1. The van der Waals surface area contributed by atoms with Crippen LogP contribution >= 0.6 is 0 Å². The number of rotatable bonds is 5.